The number of carbonyl (C=O) groups is 2. The Labute approximate surface area is 215 Å². The number of halogens is 2. The molecule has 2 atom stereocenters. The van der Waals surface area contributed by atoms with Gasteiger partial charge in [0.2, 0.25) is 0 Å². The molecule has 4 rings (SSSR count). The molecule has 1 aliphatic heterocycles. The van der Waals surface area contributed by atoms with E-state index in [1.54, 1.807) is 38.1 Å². The van der Waals surface area contributed by atoms with E-state index in [1.807, 2.05) is 0 Å². The first-order valence-electron chi connectivity index (χ1n) is 11.9. The van der Waals surface area contributed by atoms with Gasteiger partial charge in [0.1, 0.15) is 17.6 Å². The van der Waals surface area contributed by atoms with Crippen LogP contribution in [0, 0.1) is 6.92 Å². The fraction of sp³-hybridized carbons (Fsp3) is 0.462. The minimum Gasteiger partial charge on any atom is -0.489 e. The zero-order valence-corrected chi connectivity index (χ0v) is 21.4. The minimum absolute atomic E-state index is 0.0804. The Morgan fingerprint density at radius 3 is 2.63 bits per heavy atom. The second kappa shape index (κ2) is 11.2. The number of rotatable bonds is 10. The number of aliphatic hydroxyl groups excluding tert-OH is 1. The maximum absolute atomic E-state index is 12.9. The van der Waals surface area contributed by atoms with Gasteiger partial charge in [-0.25, -0.2) is 0 Å². The zero-order valence-electron chi connectivity index (χ0n) is 19.9. The predicted octanol–water partition coefficient (Wildman–Crippen LogP) is 4.88. The molecule has 2 aliphatic rings. The summed E-state index contributed by atoms with van der Waals surface area (Å²) in [6.45, 7) is 5.54. The Kier molecular flexibility index (Phi) is 8.22. The fourth-order valence-electron chi connectivity index (χ4n) is 4.17. The SMILES string of the molecule is CC(Cl)=Cc1cc(C(=O)C(=O)NC(CN2CCCC2)C(O)c2ccc(OC3CC3)c(Cl)c2)oc1C. The highest BCUT2D eigenvalue weighted by Crippen LogP contribution is 2.34. The molecular formula is C26H30Cl2N2O5. The summed E-state index contributed by atoms with van der Waals surface area (Å²) < 4.78 is 11.3. The van der Waals surface area contributed by atoms with Crippen LogP contribution < -0.4 is 10.1 Å². The number of benzene rings is 1. The summed E-state index contributed by atoms with van der Waals surface area (Å²) >= 11 is 12.3. The van der Waals surface area contributed by atoms with Crippen LogP contribution in [0.15, 0.2) is 33.7 Å². The van der Waals surface area contributed by atoms with Gasteiger partial charge in [0.25, 0.3) is 11.7 Å². The number of carbonyl (C=O) groups excluding carboxylic acids is 2. The molecule has 1 aromatic carbocycles. The largest absolute Gasteiger partial charge is 0.489 e. The first kappa shape index (κ1) is 25.8. The third kappa shape index (κ3) is 6.67. The van der Waals surface area contributed by atoms with Gasteiger partial charge in [0, 0.05) is 17.1 Å². The van der Waals surface area contributed by atoms with Crippen molar-refractivity contribution in [2.24, 2.45) is 0 Å². The summed E-state index contributed by atoms with van der Waals surface area (Å²) in [6, 6.07) is 5.89. The van der Waals surface area contributed by atoms with Crippen molar-refractivity contribution in [3.05, 3.63) is 57.0 Å². The number of ketones is 1. The van der Waals surface area contributed by atoms with Crippen LogP contribution in [0.2, 0.25) is 5.02 Å². The number of ether oxygens (including phenoxy) is 1. The van der Waals surface area contributed by atoms with Crippen LogP contribution in [0.3, 0.4) is 0 Å². The molecule has 1 aliphatic carbocycles. The maximum Gasteiger partial charge on any atom is 0.296 e. The zero-order chi connectivity index (χ0) is 25.1. The van der Waals surface area contributed by atoms with Crippen LogP contribution in [0.4, 0.5) is 0 Å². The number of furan rings is 1. The fourth-order valence-corrected chi connectivity index (χ4v) is 4.52. The van der Waals surface area contributed by atoms with Gasteiger partial charge in [-0.3, -0.25) is 9.59 Å². The Balaban J connectivity index is 1.51. The minimum atomic E-state index is -1.07. The third-order valence-electron chi connectivity index (χ3n) is 6.21. The molecule has 9 heteroatoms. The molecule has 2 fully saturated rings. The van der Waals surface area contributed by atoms with Crippen LogP contribution in [0.5, 0.6) is 5.75 Å². The standard InChI is InChI=1S/C26H30Cl2N2O5/c1-15(27)11-18-13-23(34-16(18)2)25(32)26(33)29-21(14-30-9-3-4-10-30)24(31)17-5-8-22(20(28)12-17)35-19-6-7-19/h5,8,11-13,19,21,24,31H,3-4,6-7,9-10,14H2,1-2H3,(H,29,33). The van der Waals surface area contributed by atoms with Gasteiger partial charge in [-0.1, -0.05) is 29.3 Å². The van der Waals surface area contributed by atoms with Crippen LogP contribution in [0.1, 0.15) is 66.2 Å². The van der Waals surface area contributed by atoms with E-state index in [0.717, 1.165) is 38.8 Å². The molecule has 188 valence electrons. The molecule has 0 radical (unpaired) electrons. The second-order valence-corrected chi connectivity index (χ2v) is 10.2. The van der Waals surface area contributed by atoms with Crippen LogP contribution in [0.25, 0.3) is 6.08 Å². The monoisotopic (exact) mass is 520 g/mol. The Morgan fingerprint density at radius 1 is 1.29 bits per heavy atom. The summed E-state index contributed by atoms with van der Waals surface area (Å²) in [5.74, 6) is -0.684. The predicted molar refractivity (Wildman–Crippen MR) is 135 cm³/mol. The summed E-state index contributed by atoms with van der Waals surface area (Å²) in [6.07, 6.45) is 4.92. The van der Waals surface area contributed by atoms with Crippen molar-refractivity contribution in [3.63, 3.8) is 0 Å². The Morgan fingerprint density at radius 2 is 2.00 bits per heavy atom. The number of Topliss-reactive ketones (excluding diaryl/α,β-unsaturated/α-hetero) is 1. The molecule has 1 saturated heterocycles. The summed E-state index contributed by atoms with van der Waals surface area (Å²) in [7, 11) is 0. The number of nitrogens with zero attached hydrogens (tertiary/aromatic N) is 1. The number of aliphatic hydroxyl groups is 1. The molecule has 2 N–H and O–H groups in total. The van der Waals surface area contributed by atoms with Crippen LogP contribution in [-0.4, -0.2) is 53.5 Å². The van der Waals surface area contributed by atoms with Crippen molar-refractivity contribution in [2.45, 2.75) is 57.8 Å². The Hall–Kier alpha value is -2.32. The molecule has 2 heterocycles. The number of nitrogens with one attached hydrogen (secondary N) is 1. The number of aryl methyl sites for hydroxylation is 1. The molecule has 35 heavy (non-hydrogen) atoms. The number of likely N-dealkylation sites (tertiary alicyclic amines) is 1. The van der Waals surface area contributed by atoms with Gasteiger partial charge in [-0.2, -0.15) is 0 Å². The number of hydrogen-bond acceptors (Lipinski definition) is 6. The molecule has 0 bridgehead atoms. The second-order valence-electron chi connectivity index (χ2n) is 9.22. The summed E-state index contributed by atoms with van der Waals surface area (Å²) in [5.41, 5.74) is 1.17. The van der Waals surface area contributed by atoms with Gasteiger partial charge in [-0.15, -0.1) is 0 Å². The van der Waals surface area contributed by atoms with Crippen molar-refractivity contribution in [3.8, 4) is 5.75 Å². The van der Waals surface area contributed by atoms with Gasteiger partial charge in [0.05, 0.1) is 17.2 Å². The summed E-state index contributed by atoms with van der Waals surface area (Å²) in [4.78, 5) is 27.9. The highest BCUT2D eigenvalue weighted by molar-refractivity contribution is 6.42. The maximum atomic E-state index is 12.9. The molecule has 1 saturated carbocycles. The third-order valence-corrected chi connectivity index (χ3v) is 6.61. The van der Waals surface area contributed by atoms with E-state index >= 15 is 0 Å². The average molecular weight is 521 g/mol. The topological polar surface area (TPSA) is 92.0 Å². The number of hydrogen-bond donors (Lipinski definition) is 2. The highest BCUT2D eigenvalue weighted by Gasteiger charge is 2.31. The quantitative estimate of drug-likeness (QED) is 0.342. The van der Waals surface area contributed by atoms with E-state index in [0.29, 0.717) is 39.2 Å². The number of amides is 1. The van der Waals surface area contributed by atoms with Crippen molar-refractivity contribution < 1.29 is 23.8 Å². The average Bonchev–Trinajstić information content (AvgIpc) is 3.34. The molecule has 7 nitrogen and oxygen atoms in total. The first-order valence-corrected chi connectivity index (χ1v) is 12.6. The van der Waals surface area contributed by atoms with E-state index in [4.69, 9.17) is 32.4 Å². The summed E-state index contributed by atoms with van der Waals surface area (Å²) in [5, 5.41) is 14.9. The first-order chi connectivity index (χ1) is 16.7. The molecule has 0 spiro atoms. The molecule has 1 aromatic heterocycles. The van der Waals surface area contributed by atoms with E-state index in [1.165, 1.54) is 6.07 Å². The van der Waals surface area contributed by atoms with Crippen LogP contribution >= 0.6 is 23.2 Å². The van der Waals surface area contributed by atoms with Crippen LogP contribution in [-0.2, 0) is 4.79 Å². The van der Waals surface area contributed by atoms with E-state index in [9.17, 15) is 14.7 Å². The van der Waals surface area contributed by atoms with Crippen molar-refractivity contribution >= 4 is 41.0 Å². The molecule has 2 aromatic rings. The smallest absolute Gasteiger partial charge is 0.296 e. The van der Waals surface area contributed by atoms with Crippen molar-refractivity contribution in [2.75, 3.05) is 19.6 Å². The van der Waals surface area contributed by atoms with E-state index < -0.39 is 23.8 Å². The molecule has 2 unspecified atom stereocenters. The number of allylic oxidation sites excluding steroid dienone is 1. The van der Waals surface area contributed by atoms with Crippen molar-refractivity contribution in [1.29, 1.82) is 0 Å². The van der Waals surface area contributed by atoms with Gasteiger partial charge >= 0.3 is 0 Å². The van der Waals surface area contributed by atoms with Gasteiger partial charge in [-0.05, 0) is 82.5 Å². The van der Waals surface area contributed by atoms with Crippen molar-refractivity contribution in [1.82, 2.24) is 10.2 Å². The van der Waals surface area contributed by atoms with E-state index in [-0.39, 0.29) is 11.9 Å². The van der Waals surface area contributed by atoms with E-state index in [2.05, 4.69) is 10.2 Å². The Bertz CT molecular complexity index is 1110. The molecular weight excluding hydrogens is 491 g/mol. The normalized spacial score (nSPS) is 18.4. The lowest BCUT2D eigenvalue weighted by Gasteiger charge is -2.28. The molecule has 1 amide bonds. The lowest BCUT2D eigenvalue weighted by Crippen LogP contribution is -2.48. The van der Waals surface area contributed by atoms with Gasteiger partial charge < -0.3 is 24.5 Å². The highest BCUT2D eigenvalue weighted by atomic mass is 35.5. The lowest BCUT2D eigenvalue weighted by atomic mass is 10.0. The lowest BCUT2D eigenvalue weighted by molar-refractivity contribution is -0.118. The van der Waals surface area contributed by atoms with Gasteiger partial charge in [0.15, 0.2) is 5.76 Å².